The zero-order chi connectivity index (χ0) is 13.7. The number of carbonyl (C=O) groups is 1. The highest BCUT2D eigenvalue weighted by molar-refractivity contribution is 7.05. The quantitative estimate of drug-likeness (QED) is 0.814. The van der Waals surface area contributed by atoms with Gasteiger partial charge in [0.15, 0.2) is 0 Å². The highest BCUT2D eigenvalue weighted by atomic mass is 32.1. The van der Waals surface area contributed by atoms with E-state index in [1.54, 1.807) is 4.90 Å². The maximum Gasteiger partial charge on any atom is 0.224 e. The van der Waals surface area contributed by atoms with Crippen molar-refractivity contribution in [3.8, 4) is 0 Å². The second kappa shape index (κ2) is 6.93. The molecule has 0 atom stereocenters. The fourth-order valence-corrected chi connectivity index (χ4v) is 2.62. The van der Waals surface area contributed by atoms with Crippen molar-refractivity contribution in [2.24, 2.45) is 0 Å². The molecule has 7 heteroatoms. The topological polar surface area (TPSA) is 58.6 Å². The number of aromatic nitrogens is 2. The van der Waals surface area contributed by atoms with E-state index in [-0.39, 0.29) is 5.91 Å². The molecule has 0 unspecified atom stereocenters. The minimum absolute atomic E-state index is 0.127. The Labute approximate surface area is 117 Å². The largest absolute Gasteiger partial charge is 0.340 e. The predicted octanol–water partition coefficient (Wildman–Crippen LogP) is 1.22. The van der Waals surface area contributed by atoms with E-state index >= 15 is 0 Å². The first kappa shape index (κ1) is 14.4. The lowest BCUT2D eigenvalue weighted by molar-refractivity contribution is -0.182. The van der Waals surface area contributed by atoms with Gasteiger partial charge in [0.1, 0.15) is 0 Å². The van der Waals surface area contributed by atoms with Gasteiger partial charge in [0.25, 0.3) is 0 Å². The summed E-state index contributed by atoms with van der Waals surface area (Å²) in [7, 11) is 1.82. The highest BCUT2D eigenvalue weighted by Gasteiger charge is 2.16. The van der Waals surface area contributed by atoms with Crippen molar-refractivity contribution in [3.63, 3.8) is 0 Å². The molecule has 1 saturated heterocycles. The minimum atomic E-state index is 0.127. The molecule has 1 aromatic rings. The van der Waals surface area contributed by atoms with E-state index in [4.69, 9.17) is 4.84 Å². The van der Waals surface area contributed by atoms with Crippen molar-refractivity contribution in [2.75, 3.05) is 26.7 Å². The Kier molecular flexibility index (Phi) is 5.24. The van der Waals surface area contributed by atoms with E-state index in [9.17, 15) is 4.79 Å². The molecule has 2 heterocycles. The molecule has 6 nitrogen and oxygen atoms in total. The van der Waals surface area contributed by atoms with Gasteiger partial charge in [0.2, 0.25) is 5.91 Å². The van der Waals surface area contributed by atoms with Crippen LogP contribution in [0.5, 0.6) is 0 Å². The Hall–Kier alpha value is -1.05. The van der Waals surface area contributed by atoms with Crippen molar-refractivity contribution >= 4 is 17.4 Å². The van der Waals surface area contributed by atoms with Crippen LogP contribution in [0.15, 0.2) is 0 Å². The Bertz CT molecular complexity index is 418. The molecule has 1 amide bonds. The van der Waals surface area contributed by atoms with Gasteiger partial charge in [-0.05, 0) is 31.3 Å². The monoisotopic (exact) mass is 284 g/mol. The average Bonchev–Trinajstić information content (AvgIpc) is 2.82. The number of nitrogens with zero attached hydrogens (tertiary/aromatic N) is 4. The van der Waals surface area contributed by atoms with E-state index in [1.165, 1.54) is 11.5 Å². The lowest BCUT2D eigenvalue weighted by Gasteiger charge is -2.26. The number of rotatable bonds is 5. The molecule has 1 fully saturated rings. The van der Waals surface area contributed by atoms with Gasteiger partial charge in [-0.15, -0.1) is 5.10 Å². The number of hydrogen-bond donors (Lipinski definition) is 0. The third kappa shape index (κ3) is 4.22. The first-order valence-corrected chi connectivity index (χ1v) is 7.34. The number of hydrogen-bond acceptors (Lipinski definition) is 6. The first-order chi connectivity index (χ1) is 9.16. The van der Waals surface area contributed by atoms with Crippen LogP contribution in [-0.2, 0) is 16.2 Å². The molecular weight excluding hydrogens is 264 g/mol. The summed E-state index contributed by atoms with van der Waals surface area (Å²) in [6.45, 7) is 4.87. The van der Waals surface area contributed by atoms with Crippen LogP contribution in [0.25, 0.3) is 0 Å². The van der Waals surface area contributed by atoms with E-state index in [1.807, 2.05) is 19.0 Å². The van der Waals surface area contributed by atoms with E-state index < -0.39 is 0 Å². The molecule has 106 valence electrons. The molecule has 0 aliphatic carbocycles. The Morgan fingerprint density at radius 3 is 3.00 bits per heavy atom. The summed E-state index contributed by atoms with van der Waals surface area (Å²) in [6.07, 6.45) is 2.75. The second-order valence-corrected chi connectivity index (χ2v) is 5.59. The van der Waals surface area contributed by atoms with Gasteiger partial charge in [-0.2, -0.15) is 5.06 Å². The number of hydroxylamine groups is 2. The Balaban J connectivity index is 1.74. The average molecular weight is 284 g/mol. The van der Waals surface area contributed by atoms with Crippen LogP contribution >= 0.6 is 11.5 Å². The minimum Gasteiger partial charge on any atom is -0.340 e. The van der Waals surface area contributed by atoms with E-state index in [0.29, 0.717) is 19.5 Å². The SMILES string of the molecule is Cc1nnsc1CN(C)C(=O)CCN1CCCCO1. The number of aryl methyl sites for hydroxylation is 1. The van der Waals surface area contributed by atoms with Crippen molar-refractivity contribution in [3.05, 3.63) is 10.6 Å². The lowest BCUT2D eigenvalue weighted by atomic mass is 10.3. The van der Waals surface area contributed by atoms with Gasteiger partial charge in [-0.1, -0.05) is 4.49 Å². The maximum atomic E-state index is 12.0. The summed E-state index contributed by atoms with van der Waals surface area (Å²) in [5, 5.41) is 5.85. The summed E-state index contributed by atoms with van der Waals surface area (Å²) in [5.41, 5.74) is 0.906. The molecule has 0 saturated carbocycles. The molecule has 1 aliphatic rings. The lowest BCUT2D eigenvalue weighted by Crippen LogP contribution is -2.34. The van der Waals surface area contributed by atoms with Crippen LogP contribution in [0.2, 0.25) is 0 Å². The number of carbonyl (C=O) groups excluding carboxylic acids is 1. The van der Waals surface area contributed by atoms with Crippen molar-refractivity contribution in [1.82, 2.24) is 19.6 Å². The van der Waals surface area contributed by atoms with E-state index in [0.717, 1.165) is 36.6 Å². The van der Waals surface area contributed by atoms with Crippen LogP contribution in [0.3, 0.4) is 0 Å². The third-order valence-corrected chi connectivity index (χ3v) is 4.01. The second-order valence-electron chi connectivity index (χ2n) is 4.75. The van der Waals surface area contributed by atoms with E-state index in [2.05, 4.69) is 9.59 Å². The molecule has 19 heavy (non-hydrogen) atoms. The molecule has 0 N–H and O–H groups in total. The smallest absolute Gasteiger partial charge is 0.224 e. The first-order valence-electron chi connectivity index (χ1n) is 6.56. The van der Waals surface area contributed by atoms with Crippen LogP contribution in [0, 0.1) is 6.92 Å². The van der Waals surface area contributed by atoms with Gasteiger partial charge < -0.3 is 4.90 Å². The molecular formula is C12H20N4O2S. The summed E-state index contributed by atoms with van der Waals surface area (Å²) >= 11 is 1.35. The van der Waals surface area contributed by atoms with Gasteiger partial charge >= 0.3 is 0 Å². The van der Waals surface area contributed by atoms with Gasteiger partial charge in [-0.3, -0.25) is 9.63 Å². The summed E-state index contributed by atoms with van der Waals surface area (Å²) < 4.78 is 3.88. The maximum absolute atomic E-state index is 12.0. The predicted molar refractivity (Wildman–Crippen MR) is 72.5 cm³/mol. The van der Waals surface area contributed by atoms with Crippen molar-refractivity contribution in [2.45, 2.75) is 32.7 Å². The van der Waals surface area contributed by atoms with Crippen LogP contribution in [0.1, 0.15) is 29.8 Å². The normalized spacial score (nSPS) is 16.5. The van der Waals surface area contributed by atoms with Crippen LogP contribution < -0.4 is 0 Å². The van der Waals surface area contributed by atoms with Crippen LogP contribution in [-0.4, -0.2) is 52.2 Å². The molecule has 1 aromatic heterocycles. The molecule has 0 spiro atoms. The molecule has 0 radical (unpaired) electrons. The standard InChI is InChI=1S/C12H20N4O2S/c1-10-11(19-14-13-10)9-15(2)12(17)5-7-16-6-3-4-8-18-16/h3-9H2,1-2H3. The molecule has 2 rings (SSSR count). The zero-order valence-corrected chi connectivity index (χ0v) is 12.3. The third-order valence-electron chi connectivity index (χ3n) is 3.20. The molecule has 1 aliphatic heterocycles. The van der Waals surface area contributed by atoms with Crippen molar-refractivity contribution in [1.29, 1.82) is 0 Å². The van der Waals surface area contributed by atoms with Gasteiger partial charge in [-0.25, -0.2) is 0 Å². The Morgan fingerprint density at radius 1 is 1.53 bits per heavy atom. The summed E-state index contributed by atoms with van der Waals surface area (Å²) in [6, 6.07) is 0. The fourth-order valence-electron chi connectivity index (χ4n) is 1.94. The van der Waals surface area contributed by atoms with Crippen molar-refractivity contribution < 1.29 is 9.63 Å². The van der Waals surface area contributed by atoms with Gasteiger partial charge in [0, 0.05) is 26.6 Å². The zero-order valence-electron chi connectivity index (χ0n) is 11.5. The number of amides is 1. The summed E-state index contributed by atoms with van der Waals surface area (Å²) in [4.78, 5) is 20.3. The van der Waals surface area contributed by atoms with Gasteiger partial charge in [0.05, 0.1) is 23.7 Å². The Morgan fingerprint density at radius 2 is 2.37 bits per heavy atom. The highest BCUT2D eigenvalue weighted by Crippen LogP contribution is 2.12. The molecule has 0 aromatic carbocycles. The molecule has 0 bridgehead atoms. The fraction of sp³-hybridized carbons (Fsp3) is 0.750. The van der Waals surface area contributed by atoms with Crippen LogP contribution in [0.4, 0.5) is 0 Å². The summed E-state index contributed by atoms with van der Waals surface area (Å²) in [5.74, 6) is 0.127.